The molecule has 7 heteroatoms. The van der Waals surface area contributed by atoms with Crippen molar-refractivity contribution in [3.05, 3.63) is 51.2 Å². The lowest BCUT2D eigenvalue weighted by atomic mass is 9.76. The van der Waals surface area contributed by atoms with Gasteiger partial charge in [0.25, 0.3) is 5.56 Å². The molecule has 2 aliphatic heterocycles. The molecule has 2 aromatic rings. The highest BCUT2D eigenvalue weighted by Gasteiger charge is 2.41. The molecule has 3 atom stereocenters. The first-order valence-corrected chi connectivity index (χ1v) is 10.9. The number of hydrogen-bond acceptors (Lipinski definition) is 4. The number of carbonyl (C=O) groups is 1. The molecular weight excluding hydrogens is 390 g/mol. The Labute approximate surface area is 175 Å². The highest BCUT2D eigenvalue weighted by Crippen LogP contribution is 2.43. The van der Waals surface area contributed by atoms with Gasteiger partial charge in [-0.2, -0.15) is 0 Å². The summed E-state index contributed by atoms with van der Waals surface area (Å²) in [7, 11) is 0. The van der Waals surface area contributed by atoms with Crippen molar-refractivity contribution >= 4 is 17.5 Å². The highest BCUT2D eigenvalue weighted by molar-refractivity contribution is 6.29. The van der Waals surface area contributed by atoms with Crippen molar-refractivity contribution in [1.82, 2.24) is 14.6 Å². The van der Waals surface area contributed by atoms with E-state index in [1.807, 2.05) is 15.5 Å². The van der Waals surface area contributed by atoms with E-state index in [0.717, 1.165) is 31.5 Å². The van der Waals surface area contributed by atoms with Gasteiger partial charge in [-0.25, -0.2) is 0 Å². The van der Waals surface area contributed by atoms with Crippen molar-refractivity contribution in [3.63, 3.8) is 0 Å². The Morgan fingerprint density at radius 1 is 1.34 bits per heavy atom. The van der Waals surface area contributed by atoms with E-state index in [2.05, 4.69) is 25.1 Å². The fourth-order valence-electron chi connectivity index (χ4n) is 4.91. The number of halogens is 1. The minimum atomic E-state index is 0.0907. The van der Waals surface area contributed by atoms with E-state index in [0.29, 0.717) is 42.1 Å². The van der Waals surface area contributed by atoms with Crippen LogP contribution in [0.25, 0.3) is 0 Å². The third kappa shape index (κ3) is 4.27. The maximum Gasteiger partial charge on any atom is 0.250 e. The molecule has 0 aromatic carbocycles. The Morgan fingerprint density at radius 3 is 2.90 bits per heavy atom. The van der Waals surface area contributed by atoms with Crippen LogP contribution >= 0.6 is 11.6 Å². The minimum absolute atomic E-state index is 0.0907. The van der Waals surface area contributed by atoms with Gasteiger partial charge in [-0.05, 0) is 37.2 Å². The number of pyridine rings is 1. The van der Waals surface area contributed by atoms with Crippen LogP contribution in [-0.4, -0.2) is 33.6 Å². The van der Waals surface area contributed by atoms with Crippen molar-refractivity contribution in [2.45, 2.75) is 57.9 Å². The number of hydrogen-bond donors (Lipinski definition) is 0. The molecule has 2 aliphatic rings. The second-order valence-corrected chi connectivity index (χ2v) is 9.19. The lowest BCUT2D eigenvalue weighted by Gasteiger charge is -2.47. The van der Waals surface area contributed by atoms with Gasteiger partial charge in [0.1, 0.15) is 5.76 Å². The van der Waals surface area contributed by atoms with Crippen molar-refractivity contribution in [1.29, 1.82) is 0 Å². The van der Waals surface area contributed by atoms with Gasteiger partial charge in [-0.1, -0.05) is 36.7 Å². The van der Waals surface area contributed by atoms with Crippen LogP contribution in [-0.2, 0) is 11.2 Å². The molecule has 156 valence electrons. The first-order chi connectivity index (χ1) is 13.9. The molecule has 1 fully saturated rings. The van der Waals surface area contributed by atoms with Gasteiger partial charge in [0.2, 0.25) is 5.91 Å². The second kappa shape index (κ2) is 8.34. The minimum Gasteiger partial charge on any atom is -0.360 e. The van der Waals surface area contributed by atoms with E-state index >= 15 is 0 Å². The molecule has 1 amide bonds. The number of likely N-dealkylation sites (tertiary alicyclic amines) is 1. The summed E-state index contributed by atoms with van der Waals surface area (Å²) in [5, 5.41) is 3.98. The predicted octanol–water partition coefficient (Wildman–Crippen LogP) is 4.05. The first kappa shape index (κ1) is 20.2. The van der Waals surface area contributed by atoms with Crippen LogP contribution < -0.4 is 5.56 Å². The molecule has 6 nitrogen and oxygen atoms in total. The normalized spacial score (nSPS) is 23.3. The van der Waals surface area contributed by atoms with Gasteiger partial charge < -0.3 is 14.0 Å². The smallest absolute Gasteiger partial charge is 0.250 e. The number of carbonyl (C=O) groups excluding carboxylic acids is 1. The molecule has 0 saturated carbocycles. The van der Waals surface area contributed by atoms with Crippen LogP contribution in [0.5, 0.6) is 0 Å². The first-order valence-electron chi connectivity index (χ1n) is 10.5. The van der Waals surface area contributed by atoms with E-state index in [1.165, 1.54) is 0 Å². The summed E-state index contributed by atoms with van der Waals surface area (Å²) in [4.78, 5) is 27.6. The van der Waals surface area contributed by atoms with Gasteiger partial charge in [0.05, 0.1) is 0 Å². The summed E-state index contributed by atoms with van der Waals surface area (Å²) in [5.74, 6) is 1.89. The van der Waals surface area contributed by atoms with Crippen molar-refractivity contribution in [2.75, 3.05) is 13.1 Å². The van der Waals surface area contributed by atoms with E-state index in [1.54, 1.807) is 12.1 Å². The standard InChI is InChI=1S/C22H28ClN3O3/c1-14(2)6-8-19-16-10-15(18-4-3-5-22(28)26(18)19)12-25(13-16)21(27)9-7-17-11-20(23)24-29-17/h3-5,11,14-16,19H,6-10,12-13H2,1-2H3/t15-,16+,19+/m1/s1. The van der Waals surface area contributed by atoms with Crippen LogP contribution in [0.15, 0.2) is 33.6 Å². The fourth-order valence-corrected chi connectivity index (χ4v) is 5.07. The lowest BCUT2D eigenvalue weighted by molar-refractivity contribution is -0.134. The lowest BCUT2D eigenvalue weighted by Crippen LogP contribution is -2.51. The van der Waals surface area contributed by atoms with E-state index in [-0.39, 0.29) is 23.4 Å². The van der Waals surface area contributed by atoms with Gasteiger partial charge in [0.15, 0.2) is 5.15 Å². The maximum atomic E-state index is 12.9. The Bertz CT molecular complexity index is 935. The summed E-state index contributed by atoms with van der Waals surface area (Å²) in [6.07, 6.45) is 3.98. The molecule has 1 saturated heterocycles. The SMILES string of the molecule is CC(C)CC[C@H]1[C@H]2C[C@H](CN(C(=O)CCc3cc(Cl)no3)C2)c2cccc(=O)n21. The number of nitrogens with zero attached hydrogens (tertiary/aromatic N) is 3. The van der Waals surface area contributed by atoms with E-state index in [4.69, 9.17) is 16.1 Å². The van der Waals surface area contributed by atoms with E-state index < -0.39 is 0 Å². The third-order valence-corrected chi connectivity index (χ3v) is 6.48. The molecule has 0 unspecified atom stereocenters. The topological polar surface area (TPSA) is 68.3 Å². The largest absolute Gasteiger partial charge is 0.360 e. The van der Waals surface area contributed by atoms with Crippen molar-refractivity contribution in [3.8, 4) is 0 Å². The number of amides is 1. The number of aryl methyl sites for hydroxylation is 1. The zero-order valence-corrected chi connectivity index (χ0v) is 17.8. The number of piperidine rings is 1. The van der Waals surface area contributed by atoms with Crippen LogP contribution in [0.2, 0.25) is 5.15 Å². The third-order valence-electron chi connectivity index (χ3n) is 6.31. The molecule has 2 bridgehead atoms. The number of aromatic nitrogens is 2. The molecule has 0 aliphatic carbocycles. The zero-order chi connectivity index (χ0) is 20.5. The Balaban J connectivity index is 1.52. The fraction of sp³-hybridized carbons (Fsp3) is 0.591. The molecule has 2 aromatic heterocycles. The van der Waals surface area contributed by atoms with E-state index in [9.17, 15) is 9.59 Å². The van der Waals surface area contributed by atoms with Crippen LogP contribution in [0, 0.1) is 11.8 Å². The molecule has 29 heavy (non-hydrogen) atoms. The summed E-state index contributed by atoms with van der Waals surface area (Å²) in [6, 6.07) is 7.40. The molecule has 0 N–H and O–H groups in total. The van der Waals surface area contributed by atoms with Crippen molar-refractivity contribution < 1.29 is 9.32 Å². The molecule has 0 spiro atoms. The molecule has 0 radical (unpaired) electrons. The van der Waals surface area contributed by atoms with Gasteiger partial charge in [-0.15, -0.1) is 0 Å². The molecule has 4 heterocycles. The number of fused-ring (bicyclic) bond motifs is 4. The Morgan fingerprint density at radius 2 is 2.17 bits per heavy atom. The van der Waals surface area contributed by atoms with Crippen LogP contribution in [0.4, 0.5) is 0 Å². The van der Waals surface area contributed by atoms with Crippen molar-refractivity contribution in [2.24, 2.45) is 11.8 Å². The van der Waals surface area contributed by atoms with Crippen LogP contribution in [0.3, 0.4) is 0 Å². The van der Waals surface area contributed by atoms with Gasteiger partial charge in [-0.3, -0.25) is 9.59 Å². The Kier molecular flexibility index (Phi) is 5.81. The number of rotatable bonds is 6. The predicted molar refractivity (Wildman–Crippen MR) is 111 cm³/mol. The van der Waals surface area contributed by atoms with Gasteiger partial charge in [0, 0.05) is 55.7 Å². The second-order valence-electron chi connectivity index (χ2n) is 8.80. The average Bonchev–Trinajstić information content (AvgIpc) is 3.11. The highest BCUT2D eigenvalue weighted by atomic mass is 35.5. The summed E-state index contributed by atoms with van der Waals surface area (Å²) < 4.78 is 7.14. The molecule has 4 rings (SSSR count). The summed E-state index contributed by atoms with van der Waals surface area (Å²) >= 11 is 5.79. The van der Waals surface area contributed by atoms with Gasteiger partial charge >= 0.3 is 0 Å². The Hall–Kier alpha value is -2.08. The average molecular weight is 418 g/mol. The summed E-state index contributed by atoms with van der Waals surface area (Å²) in [5.41, 5.74) is 1.18. The molecular formula is C22H28ClN3O3. The van der Waals surface area contributed by atoms with Crippen LogP contribution in [0.1, 0.15) is 62.9 Å². The monoisotopic (exact) mass is 417 g/mol. The summed E-state index contributed by atoms with van der Waals surface area (Å²) in [6.45, 7) is 5.82. The quantitative estimate of drug-likeness (QED) is 0.711. The maximum absolute atomic E-state index is 12.9. The zero-order valence-electron chi connectivity index (χ0n) is 17.0.